The van der Waals surface area contributed by atoms with Gasteiger partial charge in [-0.15, -0.1) is 0 Å². The Hall–Kier alpha value is -2.23. The van der Waals surface area contributed by atoms with E-state index in [2.05, 4.69) is 4.98 Å². The molecule has 1 aliphatic carbocycles. The fraction of sp³-hybridized carbons (Fsp3) is 0.200. The normalized spacial score (nSPS) is 17.2. The second-order valence-corrected chi connectivity index (χ2v) is 4.73. The quantitative estimate of drug-likeness (QED) is 0.897. The molecule has 0 unspecified atom stereocenters. The zero-order chi connectivity index (χ0) is 13.4. The Morgan fingerprint density at radius 3 is 3.00 bits per heavy atom. The van der Waals surface area contributed by atoms with Crippen LogP contribution in [0.2, 0.25) is 0 Å². The molecule has 96 valence electrons. The monoisotopic (exact) mass is 256 g/mol. The summed E-state index contributed by atoms with van der Waals surface area (Å²) in [7, 11) is 0. The van der Waals surface area contributed by atoms with E-state index in [0.717, 1.165) is 24.0 Å². The highest BCUT2D eigenvalue weighted by atomic mass is 19.1. The molecule has 1 atom stereocenters. The smallest absolute Gasteiger partial charge is 0.250 e. The van der Waals surface area contributed by atoms with Crippen LogP contribution in [0.5, 0.6) is 0 Å². The third-order valence-corrected chi connectivity index (χ3v) is 3.62. The van der Waals surface area contributed by atoms with Gasteiger partial charge < -0.3 is 5.73 Å². The molecule has 0 radical (unpaired) electrons. The van der Waals surface area contributed by atoms with Gasteiger partial charge in [-0.1, -0.05) is 6.07 Å². The number of amides is 1. The maximum Gasteiger partial charge on any atom is 0.250 e. The molecule has 0 saturated heterocycles. The van der Waals surface area contributed by atoms with Crippen molar-refractivity contribution >= 4 is 5.91 Å². The van der Waals surface area contributed by atoms with Crippen molar-refractivity contribution in [3.63, 3.8) is 0 Å². The Kier molecular flexibility index (Phi) is 2.78. The maximum absolute atomic E-state index is 13.4. The van der Waals surface area contributed by atoms with Crippen LogP contribution in [0.4, 0.5) is 4.39 Å². The number of carbonyl (C=O) groups excluding carboxylic acids is 1. The van der Waals surface area contributed by atoms with E-state index in [1.54, 1.807) is 24.4 Å². The van der Waals surface area contributed by atoms with Crippen LogP contribution in [0.15, 0.2) is 36.5 Å². The molecule has 1 amide bonds. The van der Waals surface area contributed by atoms with E-state index < -0.39 is 5.91 Å². The molecule has 4 heteroatoms. The Morgan fingerprint density at radius 2 is 2.21 bits per heavy atom. The van der Waals surface area contributed by atoms with E-state index in [4.69, 9.17) is 5.73 Å². The van der Waals surface area contributed by atoms with Gasteiger partial charge in [0, 0.05) is 12.1 Å². The van der Waals surface area contributed by atoms with Gasteiger partial charge in [0.05, 0.1) is 11.3 Å². The molecule has 2 aromatic rings. The van der Waals surface area contributed by atoms with E-state index in [1.165, 1.54) is 12.1 Å². The van der Waals surface area contributed by atoms with Crippen LogP contribution in [0.25, 0.3) is 0 Å². The number of primary amides is 1. The number of hydrogen-bond acceptors (Lipinski definition) is 2. The highest BCUT2D eigenvalue weighted by Gasteiger charge is 2.28. The minimum absolute atomic E-state index is 0.0469. The number of carbonyl (C=O) groups is 1. The molecule has 1 aliphatic rings. The fourth-order valence-corrected chi connectivity index (χ4v) is 2.76. The van der Waals surface area contributed by atoms with Crippen molar-refractivity contribution in [2.45, 2.75) is 18.8 Å². The maximum atomic E-state index is 13.4. The number of aryl methyl sites for hydroxylation is 1. The van der Waals surface area contributed by atoms with E-state index in [-0.39, 0.29) is 11.7 Å². The highest BCUT2D eigenvalue weighted by molar-refractivity contribution is 5.94. The first-order valence-electron chi connectivity index (χ1n) is 6.20. The Morgan fingerprint density at radius 1 is 1.37 bits per heavy atom. The molecule has 19 heavy (non-hydrogen) atoms. The molecule has 0 saturated carbocycles. The number of rotatable bonds is 2. The molecule has 0 spiro atoms. The molecule has 1 aromatic carbocycles. The Bertz CT molecular complexity index is 654. The van der Waals surface area contributed by atoms with Crippen molar-refractivity contribution in [3.05, 3.63) is 64.7 Å². The topological polar surface area (TPSA) is 56.0 Å². The van der Waals surface area contributed by atoms with E-state index in [0.29, 0.717) is 11.3 Å². The summed E-state index contributed by atoms with van der Waals surface area (Å²) >= 11 is 0. The number of nitrogens with two attached hydrogens (primary N) is 1. The van der Waals surface area contributed by atoms with E-state index in [1.807, 2.05) is 0 Å². The summed E-state index contributed by atoms with van der Waals surface area (Å²) < 4.78 is 13.4. The van der Waals surface area contributed by atoms with Gasteiger partial charge in [-0.25, -0.2) is 4.39 Å². The van der Waals surface area contributed by atoms with Crippen molar-refractivity contribution < 1.29 is 9.18 Å². The van der Waals surface area contributed by atoms with Gasteiger partial charge in [0.1, 0.15) is 5.82 Å². The minimum atomic E-state index is -0.493. The average Bonchev–Trinajstić information content (AvgIpc) is 2.81. The lowest BCUT2D eigenvalue weighted by molar-refractivity contribution is 0.0998. The first-order chi connectivity index (χ1) is 9.16. The number of nitrogens with zero attached hydrogens (tertiary/aromatic N) is 1. The lowest BCUT2D eigenvalue weighted by atomic mass is 9.93. The van der Waals surface area contributed by atoms with Crippen LogP contribution in [0.3, 0.4) is 0 Å². The molecule has 3 rings (SSSR count). The molecular formula is C15H13FN2O. The third kappa shape index (κ3) is 1.99. The van der Waals surface area contributed by atoms with Crippen molar-refractivity contribution in [2.24, 2.45) is 5.73 Å². The van der Waals surface area contributed by atoms with Gasteiger partial charge in [0.25, 0.3) is 5.91 Å². The number of benzene rings is 1. The molecule has 0 bridgehead atoms. The van der Waals surface area contributed by atoms with Crippen molar-refractivity contribution in [1.29, 1.82) is 0 Å². The Balaban J connectivity index is 2.11. The zero-order valence-corrected chi connectivity index (χ0v) is 10.3. The molecule has 1 heterocycles. The predicted octanol–water partition coefficient (Wildman–Crippen LogP) is 2.40. The standard InChI is InChI=1S/C15H13FN2O/c16-10-5-3-9-4-6-11(13(9)8-10)14-12(15(17)19)2-1-7-18-14/h1-3,5,7-8,11H,4,6H2,(H2,17,19)/t11-/m1/s1. The highest BCUT2D eigenvalue weighted by Crippen LogP contribution is 2.38. The summed E-state index contributed by atoms with van der Waals surface area (Å²) in [5.74, 6) is -0.801. The van der Waals surface area contributed by atoms with Crippen LogP contribution >= 0.6 is 0 Å². The van der Waals surface area contributed by atoms with E-state index >= 15 is 0 Å². The van der Waals surface area contributed by atoms with Gasteiger partial charge in [-0.05, 0) is 48.2 Å². The molecule has 3 nitrogen and oxygen atoms in total. The largest absolute Gasteiger partial charge is 0.366 e. The summed E-state index contributed by atoms with van der Waals surface area (Å²) in [6, 6.07) is 8.16. The first kappa shape index (κ1) is 11.8. The van der Waals surface area contributed by atoms with Gasteiger partial charge in [-0.2, -0.15) is 0 Å². The molecule has 0 fully saturated rings. The summed E-state index contributed by atoms with van der Waals surface area (Å²) in [5, 5.41) is 0. The minimum Gasteiger partial charge on any atom is -0.366 e. The number of aromatic nitrogens is 1. The second kappa shape index (κ2) is 4.46. The SMILES string of the molecule is NC(=O)c1cccnc1[C@@H]1CCc2ccc(F)cc21. The molecule has 2 N–H and O–H groups in total. The third-order valence-electron chi connectivity index (χ3n) is 3.62. The summed E-state index contributed by atoms with van der Waals surface area (Å²) in [6.45, 7) is 0. The van der Waals surface area contributed by atoms with Crippen molar-refractivity contribution in [2.75, 3.05) is 0 Å². The van der Waals surface area contributed by atoms with Gasteiger partial charge in [-0.3, -0.25) is 9.78 Å². The van der Waals surface area contributed by atoms with Gasteiger partial charge >= 0.3 is 0 Å². The lowest BCUT2D eigenvalue weighted by Gasteiger charge is -2.14. The first-order valence-corrected chi connectivity index (χ1v) is 6.20. The summed E-state index contributed by atoms with van der Waals surface area (Å²) in [6.07, 6.45) is 3.34. The molecule has 0 aliphatic heterocycles. The second-order valence-electron chi connectivity index (χ2n) is 4.73. The number of hydrogen-bond donors (Lipinski definition) is 1. The number of pyridine rings is 1. The number of fused-ring (bicyclic) bond motifs is 1. The predicted molar refractivity (Wildman–Crippen MR) is 69.3 cm³/mol. The van der Waals surface area contributed by atoms with Crippen LogP contribution in [-0.4, -0.2) is 10.9 Å². The van der Waals surface area contributed by atoms with Gasteiger partial charge in [0.2, 0.25) is 0 Å². The average molecular weight is 256 g/mol. The van der Waals surface area contributed by atoms with Crippen LogP contribution in [0.1, 0.15) is 39.5 Å². The summed E-state index contributed by atoms with van der Waals surface area (Å²) in [5.41, 5.74) is 8.49. The Labute approximate surface area is 110 Å². The van der Waals surface area contributed by atoms with Crippen LogP contribution in [-0.2, 0) is 6.42 Å². The van der Waals surface area contributed by atoms with Crippen molar-refractivity contribution in [1.82, 2.24) is 4.98 Å². The fourth-order valence-electron chi connectivity index (χ4n) is 2.76. The number of halogens is 1. The molecular weight excluding hydrogens is 243 g/mol. The molecule has 1 aromatic heterocycles. The summed E-state index contributed by atoms with van der Waals surface area (Å²) in [4.78, 5) is 15.8. The van der Waals surface area contributed by atoms with Crippen LogP contribution < -0.4 is 5.73 Å². The van der Waals surface area contributed by atoms with Crippen molar-refractivity contribution in [3.8, 4) is 0 Å². The lowest BCUT2D eigenvalue weighted by Crippen LogP contribution is -2.16. The van der Waals surface area contributed by atoms with E-state index in [9.17, 15) is 9.18 Å². The van der Waals surface area contributed by atoms with Gasteiger partial charge in [0.15, 0.2) is 0 Å². The van der Waals surface area contributed by atoms with Crippen LogP contribution in [0, 0.1) is 5.82 Å². The zero-order valence-electron chi connectivity index (χ0n) is 10.3.